The molecule has 36 heavy (non-hydrogen) atoms. The van der Waals surface area contributed by atoms with E-state index in [0.29, 0.717) is 17.7 Å². The number of nitrogens with zero attached hydrogens (tertiary/aromatic N) is 3. The van der Waals surface area contributed by atoms with Gasteiger partial charge in [-0.2, -0.15) is 12.7 Å². The SMILES string of the molecule is CC[C@@H](C)NC(=O)[C@@H](C)N(Cc1ccccc1F)C(=O)CN(c1cc(C)ccc1C)S(=O)(=O)N(C)C. The Hall–Kier alpha value is -2.98. The summed E-state index contributed by atoms with van der Waals surface area (Å²) in [7, 11) is -1.29. The molecule has 0 bridgehead atoms. The van der Waals surface area contributed by atoms with Crippen LogP contribution in [0.2, 0.25) is 0 Å². The molecule has 0 aliphatic rings. The lowest BCUT2D eigenvalue weighted by Gasteiger charge is -2.33. The van der Waals surface area contributed by atoms with E-state index >= 15 is 0 Å². The summed E-state index contributed by atoms with van der Waals surface area (Å²) in [5.41, 5.74) is 2.08. The Morgan fingerprint density at radius 1 is 1.06 bits per heavy atom. The zero-order chi connectivity index (χ0) is 27.2. The number of anilines is 1. The summed E-state index contributed by atoms with van der Waals surface area (Å²) in [6.45, 7) is 8.17. The number of carbonyl (C=O) groups excluding carboxylic acids is 2. The van der Waals surface area contributed by atoms with Gasteiger partial charge in [0.2, 0.25) is 11.8 Å². The van der Waals surface area contributed by atoms with Crippen molar-refractivity contribution in [3.8, 4) is 0 Å². The second-order valence-electron chi connectivity index (χ2n) is 9.19. The van der Waals surface area contributed by atoms with Gasteiger partial charge in [0.1, 0.15) is 18.4 Å². The molecule has 1 N–H and O–H groups in total. The number of carbonyl (C=O) groups is 2. The molecule has 198 valence electrons. The van der Waals surface area contributed by atoms with Crippen LogP contribution >= 0.6 is 0 Å². The Morgan fingerprint density at radius 2 is 1.69 bits per heavy atom. The highest BCUT2D eigenvalue weighted by Gasteiger charge is 2.33. The lowest BCUT2D eigenvalue weighted by molar-refractivity contribution is -0.139. The summed E-state index contributed by atoms with van der Waals surface area (Å²) in [5, 5.41) is 2.85. The largest absolute Gasteiger partial charge is 0.352 e. The number of hydrogen-bond acceptors (Lipinski definition) is 4. The molecule has 2 aromatic carbocycles. The number of hydrogen-bond donors (Lipinski definition) is 1. The zero-order valence-electron chi connectivity index (χ0n) is 22.1. The van der Waals surface area contributed by atoms with Gasteiger partial charge in [0.25, 0.3) is 0 Å². The third-order valence-corrected chi connectivity index (χ3v) is 7.92. The zero-order valence-corrected chi connectivity index (χ0v) is 22.9. The molecule has 0 radical (unpaired) electrons. The molecular weight excluding hydrogens is 483 g/mol. The summed E-state index contributed by atoms with van der Waals surface area (Å²) >= 11 is 0. The average molecular weight is 521 g/mol. The van der Waals surface area contributed by atoms with Crippen molar-refractivity contribution in [3.05, 3.63) is 65.0 Å². The van der Waals surface area contributed by atoms with Crippen molar-refractivity contribution in [1.29, 1.82) is 0 Å². The van der Waals surface area contributed by atoms with Crippen molar-refractivity contribution in [3.63, 3.8) is 0 Å². The van der Waals surface area contributed by atoms with Crippen LogP contribution in [0.3, 0.4) is 0 Å². The molecule has 2 amide bonds. The highest BCUT2D eigenvalue weighted by molar-refractivity contribution is 7.90. The Bertz CT molecular complexity index is 1190. The highest BCUT2D eigenvalue weighted by atomic mass is 32.2. The van der Waals surface area contributed by atoms with Crippen LogP contribution in [0.4, 0.5) is 10.1 Å². The first-order valence-electron chi connectivity index (χ1n) is 11.9. The van der Waals surface area contributed by atoms with Gasteiger partial charge in [-0.3, -0.25) is 9.59 Å². The first-order chi connectivity index (χ1) is 16.8. The van der Waals surface area contributed by atoms with Gasteiger partial charge in [-0.25, -0.2) is 8.70 Å². The van der Waals surface area contributed by atoms with Crippen LogP contribution in [0.25, 0.3) is 0 Å². The third-order valence-electron chi connectivity index (χ3n) is 6.12. The maximum Gasteiger partial charge on any atom is 0.304 e. The topological polar surface area (TPSA) is 90.0 Å². The standard InChI is InChI=1S/C26H37FN4O4S/c1-8-20(4)28-26(33)21(5)30(16-22-11-9-10-12-23(22)27)25(32)17-31(36(34,35)29(6)7)24-15-18(2)13-14-19(24)3/h9-15,20-21H,8,16-17H2,1-7H3,(H,28,33)/t20-,21-/m1/s1. The molecule has 8 nitrogen and oxygen atoms in total. The van der Waals surface area contributed by atoms with Gasteiger partial charge >= 0.3 is 10.2 Å². The van der Waals surface area contributed by atoms with E-state index in [-0.39, 0.29) is 18.2 Å². The van der Waals surface area contributed by atoms with Crippen molar-refractivity contribution in [2.75, 3.05) is 24.9 Å². The van der Waals surface area contributed by atoms with Crippen LogP contribution in [-0.2, 0) is 26.3 Å². The van der Waals surface area contributed by atoms with E-state index in [2.05, 4.69) is 5.32 Å². The molecule has 0 saturated carbocycles. The van der Waals surface area contributed by atoms with E-state index in [1.165, 1.54) is 37.2 Å². The van der Waals surface area contributed by atoms with Crippen molar-refractivity contribution < 1.29 is 22.4 Å². The molecule has 2 rings (SSSR count). The third kappa shape index (κ3) is 7.04. The number of amides is 2. The maximum atomic E-state index is 14.5. The van der Waals surface area contributed by atoms with Crippen molar-refractivity contribution in [2.45, 2.75) is 59.7 Å². The first kappa shape index (κ1) is 29.3. The monoisotopic (exact) mass is 520 g/mol. The van der Waals surface area contributed by atoms with Gasteiger partial charge in [-0.1, -0.05) is 37.3 Å². The molecule has 0 aliphatic heterocycles. The lowest BCUT2D eigenvalue weighted by Crippen LogP contribution is -2.53. The van der Waals surface area contributed by atoms with E-state index in [9.17, 15) is 22.4 Å². The number of rotatable bonds is 11. The number of nitrogens with one attached hydrogen (secondary N) is 1. The molecule has 0 unspecified atom stereocenters. The fraction of sp³-hybridized carbons (Fsp3) is 0.462. The fourth-order valence-electron chi connectivity index (χ4n) is 3.55. The minimum atomic E-state index is -4.07. The molecule has 0 saturated heterocycles. The summed E-state index contributed by atoms with van der Waals surface area (Å²) in [4.78, 5) is 27.9. The van der Waals surface area contributed by atoms with Crippen LogP contribution in [-0.4, -0.2) is 62.2 Å². The molecule has 0 heterocycles. The van der Waals surface area contributed by atoms with Crippen LogP contribution < -0.4 is 9.62 Å². The van der Waals surface area contributed by atoms with Gasteiger partial charge in [-0.05, 0) is 57.4 Å². The summed E-state index contributed by atoms with van der Waals surface area (Å²) in [6, 6.07) is 10.2. The molecular formula is C26H37FN4O4S. The number of aryl methyl sites for hydroxylation is 2. The molecule has 2 atom stereocenters. The average Bonchev–Trinajstić information content (AvgIpc) is 2.82. The Morgan fingerprint density at radius 3 is 2.28 bits per heavy atom. The number of halogens is 1. The van der Waals surface area contributed by atoms with E-state index < -0.39 is 40.4 Å². The first-order valence-corrected chi connectivity index (χ1v) is 13.3. The second-order valence-corrected chi connectivity index (χ2v) is 11.3. The molecule has 0 aromatic heterocycles. The van der Waals surface area contributed by atoms with Crippen molar-refractivity contribution >= 4 is 27.7 Å². The highest BCUT2D eigenvalue weighted by Crippen LogP contribution is 2.26. The van der Waals surface area contributed by atoms with Crippen LogP contribution in [0.1, 0.15) is 43.9 Å². The van der Waals surface area contributed by atoms with Crippen LogP contribution in [0.5, 0.6) is 0 Å². The lowest BCUT2D eigenvalue weighted by atomic mass is 10.1. The van der Waals surface area contributed by atoms with Gasteiger partial charge in [0.05, 0.1) is 5.69 Å². The van der Waals surface area contributed by atoms with Gasteiger partial charge in [-0.15, -0.1) is 0 Å². The molecule has 0 aliphatic carbocycles. The second kappa shape index (κ2) is 12.3. The molecule has 10 heteroatoms. The quantitative estimate of drug-likeness (QED) is 0.492. The van der Waals surface area contributed by atoms with E-state index in [0.717, 1.165) is 14.2 Å². The van der Waals surface area contributed by atoms with E-state index in [1.54, 1.807) is 32.0 Å². The summed E-state index contributed by atoms with van der Waals surface area (Å²) < 4.78 is 43.2. The Labute approximate surface area is 214 Å². The number of benzene rings is 2. The fourth-order valence-corrected chi connectivity index (χ4v) is 4.66. The minimum absolute atomic E-state index is 0.120. The van der Waals surface area contributed by atoms with Crippen LogP contribution in [0.15, 0.2) is 42.5 Å². The maximum absolute atomic E-state index is 14.5. The van der Waals surface area contributed by atoms with Gasteiger partial charge in [0.15, 0.2) is 0 Å². The smallest absolute Gasteiger partial charge is 0.304 e. The van der Waals surface area contributed by atoms with Gasteiger partial charge < -0.3 is 10.2 Å². The summed E-state index contributed by atoms with van der Waals surface area (Å²) in [5.74, 6) is -1.55. The Kier molecular flexibility index (Phi) is 10.0. The Balaban J connectivity index is 2.52. The van der Waals surface area contributed by atoms with Crippen molar-refractivity contribution in [2.24, 2.45) is 0 Å². The predicted molar refractivity (Wildman–Crippen MR) is 140 cm³/mol. The van der Waals surface area contributed by atoms with Crippen LogP contribution in [0, 0.1) is 19.7 Å². The molecule has 0 fully saturated rings. The van der Waals surface area contributed by atoms with Crippen molar-refractivity contribution in [1.82, 2.24) is 14.5 Å². The normalized spacial score (nSPS) is 13.2. The minimum Gasteiger partial charge on any atom is -0.352 e. The van der Waals surface area contributed by atoms with E-state index in [4.69, 9.17) is 0 Å². The van der Waals surface area contributed by atoms with E-state index in [1.807, 2.05) is 26.8 Å². The predicted octanol–water partition coefficient (Wildman–Crippen LogP) is 3.39. The molecule has 2 aromatic rings. The summed E-state index contributed by atoms with van der Waals surface area (Å²) in [6.07, 6.45) is 0.696. The molecule has 0 spiro atoms. The van der Waals surface area contributed by atoms with Gasteiger partial charge in [0, 0.05) is 32.2 Å².